The van der Waals surface area contributed by atoms with Gasteiger partial charge in [-0.3, -0.25) is 0 Å². The van der Waals surface area contributed by atoms with Crippen molar-refractivity contribution < 1.29 is 5.11 Å². The van der Waals surface area contributed by atoms with Crippen molar-refractivity contribution in [3.05, 3.63) is 6.42 Å². The first kappa shape index (κ1) is 7.60. The van der Waals surface area contributed by atoms with Crippen molar-refractivity contribution >= 4 is 0 Å². The van der Waals surface area contributed by atoms with Gasteiger partial charge < -0.3 is 5.11 Å². The van der Waals surface area contributed by atoms with Crippen LogP contribution in [0.5, 0.6) is 0 Å². The molecular formula is C10H17O. The largest absolute Gasteiger partial charge is 0.393 e. The molecule has 0 aromatic carbocycles. The van der Waals surface area contributed by atoms with E-state index < -0.39 is 0 Å². The van der Waals surface area contributed by atoms with Crippen LogP contribution in [0.4, 0.5) is 0 Å². The van der Waals surface area contributed by atoms with Gasteiger partial charge in [-0.25, -0.2) is 0 Å². The molecular weight excluding hydrogens is 136 g/mol. The molecule has 3 unspecified atom stereocenters. The van der Waals surface area contributed by atoms with Crippen LogP contribution in [0.15, 0.2) is 0 Å². The summed E-state index contributed by atoms with van der Waals surface area (Å²) >= 11 is 0. The van der Waals surface area contributed by atoms with Gasteiger partial charge in [-0.15, -0.1) is 0 Å². The topological polar surface area (TPSA) is 20.2 Å². The van der Waals surface area contributed by atoms with Crippen molar-refractivity contribution in [2.24, 2.45) is 11.8 Å². The Kier molecular flexibility index (Phi) is 2.17. The molecule has 2 rings (SSSR count). The second kappa shape index (κ2) is 3.14. The van der Waals surface area contributed by atoms with Crippen LogP contribution in [0.1, 0.15) is 38.5 Å². The number of hydrogen-bond acceptors (Lipinski definition) is 1. The molecule has 2 aliphatic rings. The Morgan fingerprint density at radius 3 is 2.73 bits per heavy atom. The number of rotatable bonds is 0. The van der Waals surface area contributed by atoms with Crippen molar-refractivity contribution in [2.75, 3.05) is 0 Å². The summed E-state index contributed by atoms with van der Waals surface area (Å²) < 4.78 is 0. The van der Waals surface area contributed by atoms with Crippen LogP contribution in [0.3, 0.4) is 0 Å². The first-order valence-corrected chi connectivity index (χ1v) is 4.89. The molecule has 2 fully saturated rings. The highest BCUT2D eigenvalue weighted by Gasteiger charge is 2.31. The van der Waals surface area contributed by atoms with E-state index in [4.69, 9.17) is 0 Å². The summed E-state index contributed by atoms with van der Waals surface area (Å²) in [5.41, 5.74) is 0. The minimum atomic E-state index is -0.0886. The fourth-order valence-electron chi connectivity index (χ4n) is 2.61. The molecule has 2 saturated carbocycles. The molecule has 0 amide bonds. The third kappa shape index (κ3) is 1.58. The summed E-state index contributed by atoms with van der Waals surface area (Å²) in [6, 6.07) is 0. The minimum Gasteiger partial charge on any atom is -0.393 e. The van der Waals surface area contributed by atoms with Gasteiger partial charge in [0, 0.05) is 0 Å². The summed E-state index contributed by atoms with van der Waals surface area (Å²) in [4.78, 5) is 0. The van der Waals surface area contributed by atoms with Crippen LogP contribution in [-0.4, -0.2) is 11.2 Å². The van der Waals surface area contributed by atoms with Gasteiger partial charge in [-0.05, 0) is 37.5 Å². The van der Waals surface area contributed by atoms with E-state index in [9.17, 15) is 5.11 Å². The summed E-state index contributed by atoms with van der Waals surface area (Å²) in [6.45, 7) is 0. The number of hydrogen-bond donors (Lipinski definition) is 1. The highest BCUT2D eigenvalue weighted by molar-refractivity contribution is 4.94. The highest BCUT2D eigenvalue weighted by Crippen LogP contribution is 2.39. The van der Waals surface area contributed by atoms with Crippen LogP contribution in [0.2, 0.25) is 0 Å². The Morgan fingerprint density at radius 2 is 1.82 bits per heavy atom. The Balaban J connectivity index is 1.93. The Labute approximate surface area is 68.8 Å². The van der Waals surface area contributed by atoms with Gasteiger partial charge >= 0.3 is 0 Å². The zero-order chi connectivity index (χ0) is 7.68. The third-order valence-electron chi connectivity index (χ3n) is 3.27. The maximum absolute atomic E-state index is 9.39. The Morgan fingerprint density at radius 1 is 1.00 bits per heavy atom. The van der Waals surface area contributed by atoms with E-state index in [1.807, 2.05) is 0 Å². The molecule has 1 N–H and O–H groups in total. The van der Waals surface area contributed by atoms with Gasteiger partial charge in [0.1, 0.15) is 0 Å². The van der Waals surface area contributed by atoms with Crippen LogP contribution >= 0.6 is 0 Å². The van der Waals surface area contributed by atoms with Gasteiger partial charge in [0.05, 0.1) is 6.10 Å². The molecule has 0 spiro atoms. The second-order valence-corrected chi connectivity index (χ2v) is 4.05. The number of fused-ring (bicyclic) bond motifs is 1. The molecule has 3 atom stereocenters. The predicted octanol–water partition coefficient (Wildman–Crippen LogP) is 2.15. The SMILES string of the molecule is OC1[CH]C2CCCCC2CC1. The molecule has 1 radical (unpaired) electrons. The fraction of sp³-hybridized carbons (Fsp3) is 0.900. The van der Waals surface area contributed by atoms with Crippen molar-refractivity contribution in [3.63, 3.8) is 0 Å². The average molecular weight is 153 g/mol. The van der Waals surface area contributed by atoms with E-state index in [-0.39, 0.29) is 6.10 Å². The van der Waals surface area contributed by atoms with Gasteiger partial charge in [0.2, 0.25) is 0 Å². The minimum absolute atomic E-state index is 0.0886. The normalized spacial score (nSPS) is 45.0. The van der Waals surface area contributed by atoms with Crippen molar-refractivity contribution in [1.29, 1.82) is 0 Å². The smallest absolute Gasteiger partial charge is 0.0575 e. The summed E-state index contributed by atoms with van der Waals surface area (Å²) in [7, 11) is 0. The second-order valence-electron chi connectivity index (χ2n) is 4.05. The van der Waals surface area contributed by atoms with Crippen molar-refractivity contribution in [3.8, 4) is 0 Å². The molecule has 0 aromatic heterocycles. The Hall–Kier alpha value is -0.0400. The molecule has 11 heavy (non-hydrogen) atoms. The maximum Gasteiger partial charge on any atom is 0.0575 e. The third-order valence-corrected chi connectivity index (χ3v) is 3.27. The molecule has 0 saturated heterocycles. The maximum atomic E-state index is 9.39. The molecule has 0 aromatic rings. The number of aliphatic hydroxyl groups is 1. The lowest BCUT2D eigenvalue weighted by molar-refractivity contribution is 0.102. The number of aliphatic hydroxyl groups excluding tert-OH is 1. The summed E-state index contributed by atoms with van der Waals surface area (Å²) in [5, 5.41) is 9.39. The molecule has 1 heteroatoms. The first-order chi connectivity index (χ1) is 5.36. The molecule has 1 nitrogen and oxygen atoms in total. The van der Waals surface area contributed by atoms with Crippen LogP contribution in [0.25, 0.3) is 0 Å². The van der Waals surface area contributed by atoms with Crippen LogP contribution in [0, 0.1) is 18.3 Å². The molecule has 2 aliphatic carbocycles. The summed E-state index contributed by atoms with van der Waals surface area (Å²) in [5.74, 6) is 1.68. The molecule has 0 heterocycles. The van der Waals surface area contributed by atoms with E-state index in [1.165, 1.54) is 32.1 Å². The molecule has 63 valence electrons. The van der Waals surface area contributed by atoms with E-state index >= 15 is 0 Å². The van der Waals surface area contributed by atoms with E-state index in [2.05, 4.69) is 6.42 Å². The lowest BCUT2D eigenvalue weighted by Gasteiger charge is -2.37. The van der Waals surface area contributed by atoms with Crippen LogP contribution in [-0.2, 0) is 0 Å². The molecule has 0 bridgehead atoms. The monoisotopic (exact) mass is 153 g/mol. The summed E-state index contributed by atoms with van der Waals surface area (Å²) in [6.07, 6.45) is 9.93. The van der Waals surface area contributed by atoms with Crippen molar-refractivity contribution in [1.82, 2.24) is 0 Å². The van der Waals surface area contributed by atoms with Crippen LogP contribution < -0.4 is 0 Å². The highest BCUT2D eigenvalue weighted by atomic mass is 16.3. The zero-order valence-electron chi connectivity index (χ0n) is 7.00. The van der Waals surface area contributed by atoms with E-state index in [0.717, 1.165) is 18.3 Å². The first-order valence-electron chi connectivity index (χ1n) is 4.89. The predicted molar refractivity (Wildman–Crippen MR) is 45.0 cm³/mol. The Bertz CT molecular complexity index is 133. The standard InChI is InChI=1S/C10H17O/c11-10-6-5-8-3-1-2-4-9(8)7-10/h7-11H,1-6H2. The van der Waals surface area contributed by atoms with Gasteiger partial charge in [-0.1, -0.05) is 19.3 Å². The fourth-order valence-corrected chi connectivity index (χ4v) is 2.61. The van der Waals surface area contributed by atoms with E-state index in [0.29, 0.717) is 0 Å². The lowest BCUT2D eigenvalue weighted by atomic mass is 9.70. The zero-order valence-corrected chi connectivity index (χ0v) is 7.00. The van der Waals surface area contributed by atoms with Gasteiger partial charge in [-0.2, -0.15) is 0 Å². The average Bonchev–Trinajstić information content (AvgIpc) is 2.04. The van der Waals surface area contributed by atoms with Gasteiger partial charge in [0.15, 0.2) is 0 Å². The van der Waals surface area contributed by atoms with E-state index in [1.54, 1.807) is 0 Å². The van der Waals surface area contributed by atoms with Crippen molar-refractivity contribution in [2.45, 2.75) is 44.6 Å². The quantitative estimate of drug-likeness (QED) is 0.565. The van der Waals surface area contributed by atoms with Gasteiger partial charge in [0.25, 0.3) is 0 Å². The lowest BCUT2D eigenvalue weighted by Crippen LogP contribution is -2.30. The molecule has 0 aliphatic heterocycles.